The molecule has 0 saturated carbocycles. The highest BCUT2D eigenvalue weighted by Gasteiger charge is 2.10. The van der Waals surface area contributed by atoms with Crippen molar-refractivity contribution in [2.24, 2.45) is 0 Å². The van der Waals surface area contributed by atoms with Gasteiger partial charge in [0.25, 0.3) is 0 Å². The molecular weight excluding hydrogens is 293 g/mol. The maximum absolute atomic E-state index is 6.25. The summed E-state index contributed by atoms with van der Waals surface area (Å²) in [5.74, 6) is 0.774. The van der Waals surface area contributed by atoms with Crippen molar-refractivity contribution in [3.63, 3.8) is 0 Å². The molecule has 20 heavy (non-hydrogen) atoms. The monoisotopic (exact) mass is 317 g/mol. The van der Waals surface area contributed by atoms with E-state index >= 15 is 0 Å². The minimum Gasteiger partial charge on any atom is -0.492 e. The zero-order valence-corrected chi connectivity index (χ0v) is 14.0. The molecular formula is C16H25Cl2NO. The Bertz CT molecular complexity index is 396. The van der Waals surface area contributed by atoms with E-state index in [2.05, 4.69) is 19.2 Å². The number of rotatable bonds is 10. The van der Waals surface area contributed by atoms with E-state index in [9.17, 15) is 0 Å². The molecule has 0 aliphatic carbocycles. The van der Waals surface area contributed by atoms with Gasteiger partial charge >= 0.3 is 0 Å². The zero-order valence-electron chi connectivity index (χ0n) is 12.5. The van der Waals surface area contributed by atoms with E-state index in [1.54, 1.807) is 6.07 Å². The lowest BCUT2D eigenvalue weighted by molar-refractivity contribution is 0.301. The number of ether oxygens (including phenoxy) is 1. The molecule has 4 heteroatoms. The standard InChI is InChI=1S/C16H25Cl2NO/c1-3-5-6-7-9-20-16-13(12-19-8-4-2)10-14(17)11-15(16)18/h10-11,19H,3-9,12H2,1-2H3. The Morgan fingerprint density at radius 1 is 1.05 bits per heavy atom. The molecule has 0 fully saturated rings. The van der Waals surface area contributed by atoms with Crippen LogP contribution in [-0.2, 0) is 6.54 Å². The quantitative estimate of drug-likeness (QED) is 0.579. The molecule has 0 atom stereocenters. The van der Waals surface area contributed by atoms with E-state index < -0.39 is 0 Å². The van der Waals surface area contributed by atoms with E-state index in [0.717, 1.165) is 37.2 Å². The van der Waals surface area contributed by atoms with E-state index in [1.165, 1.54) is 19.3 Å². The molecule has 0 aromatic heterocycles. The van der Waals surface area contributed by atoms with E-state index in [1.807, 2.05) is 6.07 Å². The summed E-state index contributed by atoms with van der Waals surface area (Å²) in [4.78, 5) is 0. The van der Waals surface area contributed by atoms with Crippen molar-refractivity contribution in [2.75, 3.05) is 13.2 Å². The second kappa shape index (κ2) is 10.3. The summed E-state index contributed by atoms with van der Waals surface area (Å²) in [5, 5.41) is 4.61. The Labute approximate surface area is 132 Å². The van der Waals surface area contributed by atoms with Crippen LogP contribution in [0.2, 0.25) is 10.0 Å². The highest BCUT2D eigenvalue weighted by molar-refractivity contribution is 6.35. The summed E-state index contributed by atoms with van der Waals surface area (Å²) in [6, 6.07) is 3.67. The Kier molecular flexibility index (Phi) is 9.08. The molecule has 0 saturated heterocycles. The number of hydrogen-bond donors (Lipinski definition) is 1. The summed E-state index contributed by atoms with van der Waals surface area (Å²) in [7, 11) is 0. The summed E-state index contributed by atoms with van der Waals surface area (Å²) in [6.45, 7) is 6.76. The maximum atomic E-state index is 6.25. The van der Waals surface area contributed by atoms with Gasteiger partial charge in [0.15, 0.2) is 0 Å². The normalized spacial score (nSPS) is 10.8. The molecule has 0 radical (unpaired) electrons. The minimum absolute atomic E-state index is 0.598. The Hall–Kier alpha value is -0.440. The second-order valence-electron chi connectivity index (χ2n) is 4.96. The van der Waals surface area contributed by atoms with Gasteiger partial charge in [0, 0.05) is 17.1 Å². The van der Waals surface area contributed by atoms with Gasteiger partial charge in [0.2, 0.25) is 0 Å². The van der Waals surface area contributed by atoms with Crippen molar-refractivity contribution < 1.29 is 4.74 Å². The first kappa shape index (κ1) is 17.6. The molecule has 1 rings (SSSR count). The van der Waals surface area contributed by atoms with Crippen molar-refractivity contribution in [1.82, 2.24) is 5.32 Å². The van der Waals surface area contributed by atoms with E-state index in [4.69, 9.17) is 27.9 Å². The zero-order chi connectivity index (χ0) is 14.8. The van der Waals surface area contributed by atoms with Crippen molar-refractivity contribution in [1.29, 1.82) is 0 Å². The predicted molar refractivity (Wildman–Crippen MR) is 88.1 cm³/mol. The van der Waals surface area contributed by atoms with Gasteiger partial charge in [-0.25, -0.2) is 0 Å². The molecule has 114 valence electrons. The van der Waals surface area contributed by atoms with Gasteiger partial charge < -0.3 is 10.1 Å². The number of benzene rings is 1. The average molecular weight is 318 g/mol. The van der Waals surface area contributed by atoms with Crippen LogP contribution < -0.4 is 10.1 Å². The van der Waals surface area contributed by atoms with E-state index in [0.29, 0.717) is 16.7 Å². The van der Waals surface area contributed by atoms with Gasteiger partial charge in [-0.15, -0.1) is 0 Å². The first-order valence-corrected chi connectivity index (χ1v) is 8.26. The van der Waals surface area contributed by atoms with Crippen LogP contribution in [0.3, 0.4) is 0 Å². The molecule has 1 N–H and O–H groups in total. The van der Waals surface area contributed by atoms with Crippen molar-refractivity contribution in [2.45, 2.75) is 52.5 Å². The minimum atomic E-state index is 0.598. The van der Waals surface area contributed by atoms with Crippen LogP contribution in [0.1, 0.15) is 51.5 Å². The topological polar surface area (TPSA) is 21.3 Å². The third-order valence-electron chi connectivity index (χ3n) is 3.07. The van der Waals surface area contributed by atoms with Gasteiger partial charge in [-0.2, -0.15) is 0 Å². The fraction of sp³-hybridized carbons (Fsp3) is 0.625. The third-order valence-corrected chi connectivity index (χ3v) is 3.57. The maximum Gasteiger partial charge on any atom is 0.142 e. The summed E-state index contributed by atoms with van der Waals surface area (Å²) < 4.78 is 5.87. The largest absolute Gasteiger partial charge is 0.492 e. The van der Waals surface area contributed by atoms with Crippen molar-refractivity contribution >= 4 is 23.2 Å². The van der Waals surface area contributed by atoms with Crippen molar-refractivity contribution in [3.8, 4) is 5.75 Å². The van der Waals surface area contributed by atoms with Gasteiger partial charge in [-0.3, -0.25) is 0 Å². The SMILES string of the molecule is CCCCCCOc1c(Cl)cc(Cl)cc1CNCCC. The molecule has 1 aromatic carbocycles. The molecule has 0 bridgehead atoms. The highest BCUT2D eigenvalue weighted by Crippen LogP contribution is 2.32. The molecule has 1 aromatic rings. The molecule has 0 unspecified atom stereocenters. The van der Waals surface area contributed by atoms with Crippen LogP contribution in [-0.4, -0.2) is 13.2 Å². The lowest BCUT2D eigenvalue weighted by atomic mass is 10.2. The van der Waals surface area contributed by atoms with Crippen LogP contribution >= 0.6 is 23.2 Å². The van der Waals surface area contributed by atoms with Crippen LogP contribution in [0.25, 0.3) is 0 Å². The van der Waals surface area contributed by atoms with Crippen LogP contribution in [0.15, 0.2) is 12.1 Å². The van der Waals surface area contributed by atoms with Gasteiger partial charge in [-0.1, -0.05) is 56.3 Å². The summed E-state index contributed by atoms with van der Waals surface area (Å²) in [5.41, 5.74) is 1.03. The first-order valence-electron chi connectivity index (χ1n) is 7.50. The first-order chi connectivity index (χ1) is 9.69. The van der Waals surface area contributed by atoms with Crippen molar-refractivity contribution in [3.05, 3.63) is 27.7 Å². The Morgan fingerprint density at radius 2 is 1.85 bits per heavy atom. The molecule has 0 spiro atoms. The fourth-order valence-corrected chi connectivity index (χ4v) is 2.60. The highest BCUT2D eigenvalue weighted by atomic mass is 35.5. The average Bonchev–Trinajstić information content (AvgIpc) is 2.41. The fourth-order valence-electron chi connectivity index (χ4n) is 2.01. The third kappa shape index (κ3) is 6.34. The Balaban J connectivity index is 2.61. The molecule has 0 heterocycles. The lowest BCUT2D eigenvalue weighted by Crippen LogP contribution is -2.15. The lowest BCUT2D eigenvalue weighted by Gasteiger charge is -2.14. The van der Waals surface area contributed by atoms with Crippen LogP contribution in [0.5, 0.6) is 5.75 Å². The molecule has 0 amide bonds. The van der Waals surface area contributed by atoms with E-state index in [-0.39, 0.29) is 0 Å². The number of halogens is 2. The van der Waals surface area contributed by atoms with Gasteiger partial charge in [0.05, 0.1) is 11.6 Å². The second-order valence-corrected chi connectivity index (χ2v) is 5.81. The van der Waals surface area contributed by atoms with Crippen LogP contribution in [0.4, 0.5) is 0 Å². The smallest absolute Gasteiger partial charge is 0.142 e. The Morgan fingerprint density at radius 3 is 2.55 bits per heavy atom. The van der Waals surface area contributed by atoms with Gasteiger partial charge in [-0.05, 0) is 31.5 Å². The number of unbranched alkanes of at least 4 members (excludes halogenated alkanes) is 3. The molecule has 0 aliphatic heterocycles. The van der Waals surface area contributed by atoms with Crippen LogP contribution in [0, 0.1) is 0 Å². The summed E-state index contributed by atoms with van der Waals surface area (Å²) in [6.07, 6.45) is 5.85. The molecule has 0 aliphatic rings. The number of nitrogens with one attached hydrogen (secondary N) is 1. The van der Waals surface area contributed by atoms with Gasteiger partial charge in [0.1, 0.15) is 5.75 Å². The predicted octanol–water partition coefficient (Wildman–Crippen LogP) is 5.45. The number of hydrogen-bond acceptors (Lipinski definition) is 2. The summed E-state index contributed by atoms with van der Waals surface area (Å²) >= 11 is 12.3. The molecule has 2 nitrogen and oxygen atoms in total.